The van der Waals surface area contributed by atoms with Crippen LogP contribution in [0.3, 0.4) is 0 Å². The van der Waals surface area contributed by atoms with E-state index in [4.69, 9.17) is 0 Å². The molecule has 0 atom stereocenters. The molecule has 0 amide bonds. The topological polar surface area (TPSA) is 27.8 Å². The van der Waals surface area contributed by atoms with E-state index in [-0.39, 0.29) is 0 Å². The molecule has 1 aliphatic carbocycles. The summed E-state index contributed by atoms with van der Waals surface area (Å²) in [5.41, 5.74) is 3.14. The zero-order valence-corrected chi connectivity index (χ0v) is 9.72. The minimum atomic E-state index is 0.403. The maximum atomic E-state index is 3.34. The van der Waals surface area contributed by atoms with Gasteiger partial charge in [-0.3, -0.25) is 0 Å². The van der Waals surface area contributed by atoms with Gasteiger partial charge in [0.25, 0.3) is 0 Å². The van der Waals surface area contributed by atoms with E-state index < -0.39 is 0 Å². The van der Waals surface area contributed by atoms with Gasteiger partial charge in [-0.25, -0.2) is 0 Å². The lowest BCUT2D eigenvalue weighted by atomic mass is 9.64. The van der Waals surface area contributed by atoms with Crippen LogP contribution < -0.4 is 5.32 Å². The molecule has 1 fully saturated rings. The summed E-state index contributed by atoms with van der Waals surface area (Å²) in [5, 5.41) is 4.68. The Morgan fingerprint density at radius 3 is 2.88 bits per heavy atom. The molecule has 0 saturated heterocycles. The third-order valence-corrected chi connectivity index (χ3v) is 3.99. The number of fused-ring (bicyclic) bond motifs is 1. The standard InChI is InChI=1S/C14H18N2/c1-15-10-14(6-2-7-14)12-3-4-13-11(9-12)5-8-16-13/h3-5,8-9,15-16H,2,6-7,10H2,1H3. The van der Waals surface area contributed by atoms with Gasteiger partial charge in [0.1, 0.15) is 0 Å². The number of aromatic nitrogens is 1. The molecule has 0 spiro atoms. The van der Waals surface area contributed by atoms with Crippen molar-refractivity contribution in [2.24, 2.45) is 0 Å². The lowest BCUT2D eigenvalue weighted by Crippen LogP contribution is -2.42. The molecule has 1 aliphatic rings. The fourth-order valence-corrected chi connectivity index (χ4v) is 2.89. The molecule has 0 radical (unpaired) electrons. The van der Waals surface area contributed by atoms with E-state index >= 15 is 0 Å². The SMILES string of the molecule is CNCC1(c2ccc3[nH]ccc3c2)CCC1. The molecular weight excluding hydrogens is 196 g/mol. The van der Waals surface area contributed by atoms with Crippen LogP contribution in [0, 0.1) is 0 Å². The maximum absolute atomic E-state index is 3.34. The monoisotopic (exact) mass is 214 g/mol. The summed E-state index contributed by atoms with van der Waals surface area (Å²) in [6, 6.07) is 9.00. The minimum Gasteiger partial charge on any atom is -0.361 e. The van der Waals surface area contributed by atoms with Crippen molar-refractivity contribution >= 4 is 10.9 Å². The fraction of sp³-hybridized carbons (Fsp3) is 0.429. The summed E-state index contributed by atoms with van der Waals surface area (Å²) in [4.78, 5) is 3.25. The molecule has 16 heavy (non-hydrogen) atoms. The quantitative estimate of drug-likeness (QED) is 0.808. The number of hydrogen-bond donors (Lipinski definition) is 2. The number of rotatable bonds is 3. The summed E-state index contributed by atoms with van der Waals surface area (Å²) in [6.45, 7) is 1.10. The predicted molar refractivity (Wildman–Crippen MR) is 67.8 cm³/mol. The van der Waals surface area contributed by atoms with Crippen molar-refractivity contribution in [3.05, 3.63) is 36.0 Å². The van der Waals surface area contributed by atoms with E-state index in [1.54, 1.807) is 0 Å². The molecule has 1 aromatic heterocycles. The van der Waals surface area contributed by atoms with E-state index in [2.05, 4.69) is 41.6 Å². The van der Waals surface area contributed by atoms with Gasteiger partial charge in [-0.1, -0.05) is 12.5 Å². The van der Waals surface area contributed by atoms with Gasteiger partial charge in [0.15, 0.2) is 0 Å². The molecule has 1 heterocycles. The second-order valence-corrected chi connectivity index (χ2v) is 4.94. The number of likely N-dealkylation sites (N-methyl/N-ethyl adjacent to an activating group) is 1. The van der Waals surface area contributed by atoms with Gasteiger partial charge in [0.05, 0.1) is 0 Å². The number of aromatic amines is 1. The van der Waals surface area contributed by atoms with Crippen molar-refractivity contribution in [3.63, 3.8) is 0 Å². The van der Waals surface area contributed by atoms with E-state index in [9.17, 15) is 0 Å². The van der Waals surface area contributed by atoms with Crippen molar-refractivity contribution in [2.45, 2.75) is 24.7 Å². The van der Waals surface area contributed by atoms with Gasteiger partial charge in [-0.05, 0) is 49.0 Å². The number of benzene rings is 1. The number of H-pyrrole nitrogens is 1. The summed E-state index contributed by atoms with van der Waals surface area (Å²) < 4.78 is 0. The van der Waals surface area contributed by atoms with E-state index in [0.717, 1.165) is 6.54 Å². The van der Waals surface area contributed by atoms with Gasteiger partial charge >= 0.3 is 0 Å². The number of hydrogen-bond acceptors (Lipinski definition) is 1. The number of nitrogens with one attached hydrogen (secondary N) is 2. The Hall–Kier alpha value is -1.28. The van der Waals surface area contributed by atoms with Gasteiger partial charge < -0.3 is 10.3 Å². The maximum Gasteiger partial charge on any atom is 0.0454 e. The smallest absolute Gasteiger partial charge is 0.0454 e. The molecule has 2 heteroatoms. The summed E-state index contributed by atoms with van der Waals surface area (Å²) in [5.74, 6) is 0. The predicted octanol–water partition coefficient (Wildman–Crippen LogP) is 2.81. The van der Waals surface area contributed by atoms with Crippen LogP contribution in [0.1, 0.15) is 24.8 Å². The van der Waals surface area contributed by atoms with Crippen molar-refractivity contribution in [1.82, 2.24) is 10.3 Å². The average Bonchev–Trinajstić information content (AvgIpc) is 2.70. The molecule has 0 aliphatic heterocycles. The second-order valence-electron chi connectivity index (χ2n) is 4.94. The Morgan fingerprint density at radius 1 is 1.31 bits per heavy atom. The van der Waals surface area contributed by atoms with Crippen LogP contribution in [0.5, 0.6) is 0 Å². The zero-order valence-electron chi connectivity index (χ0n) is 9.72. The summed E-state index contributed by atoms with van der Waals surface area (Å²) in [6.07, 6.45) is 6.03. The Kier molecular flexibility index (Phi) is 2.25. The largest absolute Gasteiger partial charge is 0.361 e. The van der Waals surface area contributed by atoms with Crippen LogP contribution >= 0.6 is 0 Å². The lowest BCUT2D eigenvalue weighted by molar-refractivity contribution is 0.239. The van der Waals surface area contributed by atoms with Crippen LogP contribution in [0.4, 0.5) is 0 Å². The normalized spacial score (nSPS) is 18.6. The Balaban J connectivity index is 2.03. The first-order valence-electron chi connectivity index (χ1n) is 6.06. The highest BCUT2D eigenvalue weighted by Gasteiger charge is 2.37. The Morgan fingerprint density at radius 2 is 2.19 bits per heavy atom. The molecule has 0 bridgehead atoms. The molecule has 1 aromatic carbocycles. The highest BCUT2D eigenvalue weighted by molar-refractivity contribution is 5.80. The van der Waals surface area contributed by atoms with Crippen LogP contribution in [0.15, 0.2) is 30.5 Å². The van der Waals surface area contributed by atoms with Crippen LogP contribution in [-0.2, 0) is 5.41 Å². The van der Waals surface area contributed by atoms with E-state index in [0.29, 0.717) is 5.41 Å². The van der Waals surface area contributed by atoms with Gasteiger partial charge in [0.2, 0.25) is 0 Å². The molecule has 84 valence electrons. The molecule has 3 rings (SSSR count). The molecule has 0 unspecified atom stereocenters. The van der Waals surface area contributed by atoms with Crippen molar-refractivity contribution in [3.8, 4) is 0 Å². The van der Waals surface area contributed by atoms with E-state index in [1.807, 2.05) is 6.20 Å². The average molecular weight is 214 g/mol. The van der Waals surface area contributed by atoms with Gasteiger partial charge in [0, 0.05) is 23.7 Å². The van der Waals surface area contributed by atoms with Crippen molar-refractivity contribution < 1.29 is 0 Å². The van der Waals surface area contributed by atoms with Gasteiger partial charge in [-0.2, -0.15) is 0 Å². The summed E-state index contributed by atoms with van der Waals surface area (Å²) in [7, 11) is 2.05. The first-order valence-corrected chi connectivity index (χ1v) is 6.06. The zero-order chi connectivity index (χ0) is 11.0. The molecule has 2 aromatic rings. The molecular formula is C14H18N2. The summed E-state index contributed by atoms with van der Waals surface area (Å²) >= 11 is 0. The third-order valence-electron chi connectivity index (χ3n) is 3.99. The fourth-order valence-electron chi connectivity index (χ4n) is 2.89. The highest BCUT2D eigenvalue weighted by Crippen LogP contribution is 2.43. The minimum absolute atomic E-state index is 0.403. The van der Waals surface area contributed by atoms with Crippen LogP contribution in [-0.4, -0.2) is 18.6 Å². The van der Waals surface area contributed by atoms with Crippen molar-refractivity contribution in [2.75, 3.05) is 13.6 Å². The molecule has 1 saturated carbocycles. The Bertz CT molecular complexity index is 494. The lowest BCUT2D eigenvalue weighted by Gasteiger charge is -2.42. The Labute approximate surface area is 96.1 Å². The van der Waals surface area contributed by atoms with Gasteiger partial charge in [-0.15, -0.1) is 0 Å². The first kappa shape index (κ1) is 9.91. The van der Waals surface area contributed by atoms with Crippen molar-refractivity contribution in [1.29, 1.82) is 0 Å². The first-order chi connectivity index (χ1) is 7.84. The van der Waals surface area contributed by atoms with Crippen LogP contribution in [0.2, 0.25) is 0 Å². The van der Waals surface area contributed by atoms with Crippen LogP contribution in [0.25, 0.3) is 10.9 Å². The molecule has 2 nitrogen and oxygen atoms in total. The highest BCUT2D eigenvalue weighted by atomic mass is 14.8. The third kappa shape index (κ3) is 1.37. The second kappa shape index (κ2) is 3.63. The molecule has 2 N–H and O–H groups in total. The van der Waals surface area contributed by atoms with E-state index in [1.165, 1.54) is 35.7 Å².